The van der Waals surface area contributed by atoms with E-state index in [4.69, 9.17) is 4.99 Å². The maximum atomic E-state index is 9.97. The molecule has 2 aliphatic carbocycles. The Morgan fingerprint density at radius 2 is 2.00 bits per heavy atom. The summed E-state index contributed by atoms with van der Waals surface area (Å²) in [6, 6.07) is 10.4. The molecule has 0 spiro atoms. The van der Waals surface area contributed by atoms with Crippen molar-refractivity contribution in [2.24, 2.45) is 21.7 Å². The molecule has 0 aromatic heterocycles. The maximum Gasteiger partial charge on any atom is 0.0639 e. The summed E-state index contributed by atoms with van der Waals surface area (Å²) in [5.74, 6) is 0.703. The SMILES string of the molecule is CC1(C)[C@@H]2CC[C@@]1(CO)C(=NCc1ccccc1)C2. The first-order valence-corrected chi connectivity index (χ1v) is 7.29. The zero-order valence-electron chi connectivity index (χ0n) is 11.9. The highest BCUT2D eigenvalue weighted by Gasteiger charge is 2.62. The molecule has 0 saturated heterocycles. The number of fused-ring (bicyclic) bond motifs is 2. The zero-order valence-corrected chi connectivity index (χ0v) is 11.9. The third kappa shape index (κ3) is 1.77. The highest BCUT2D eigenvalue weighted by molar-refractivity contribution is 5.94. The van der Waals surface area contributed by atoms with Crippen molar-refractivity contribution in [3.63, 3.8) is 0 Å². The molecule has 0 radical (unpaired) electrons. The van der Waals surface area contributed by atoms with Crippen LogP contribution < -0.4 is 0 Å². The molecule has 19 heavy (non-hydrogen) atoms. The minimum Gasteiger partial charge on any atom is -0.395 e. The van der Waals surface area contributed by atoms with Crippen LogP contribution in [-0.2, 0) is 6.54 Å². The first-order valence-electron chi connectivity index (χ1n) is 7.29. The van der Waals surface area contributed by atoms with Crippen molar-refractivity contribution in [1.82, 2.24) is 0 Å². The van der Waals surface area contributed by atoms with Crippen LogP contribution in [0.5, 0.6) is 0 Å². The van der Waals surface area contributed by atoms with Crippen molar-refractivity contribution in [1.29, 1.82) is 0 Å². The van der Waals surface area contributed by atoms with Gasteiger partial charge in [-0.3, -0.25) is 4.99 Å². The number of nitrogens with zero attached hydrogens (tertiary/aromatic N) is 1. The van der Waals surface area contributed by atoms with Crippen LogP contribution in [-0.4, -0.2) is 17.4 Å². The van der Waals surface area contributed by atoms with E-state index in [1.54, 1.807) is 0 Å². The van der Waals surface area contributed by atoms with Gasteiger partial charge in [0.2, 0.25) is 0 Å². The number of benzene rings is 1. The van der Waals surface area contributed by atoms with Crippen molar-refractivity contribution >= 4 is 5.71 Å². The van der Waals surface area contributed by atoms with Gasteiger partial charge in [0.1, 0.15) is 0 Å². The molecule has 2 bridgehead atoms. The summed E-state index contributed by atoms with van der Waals surface area (Å²) >= 11 is 0. The van der Waals surface area contributed by atoms with E-state index in [1.165, 1.54) is 17.7 Å². The molecule has 2 atom stereocenters. The molecule has 0 unspecified atom stereocenters. The third-order valence-corrected chi connectivity index (χ3v) is 5.73. The Morgan fingerprint density at radius 1 is 1.26 bits per heavy atom. The second-order valence-electron chi connectivity index (χ2n) is 6.65. The van der Waals surface area contributed by atoms with E-state index in [0.717, 1.165) is 19.4 Å². The molecule has 102 valence electrons. The molecule has 2 heteroatoms. The van der Waals surface area contributed by atoms with E-state index < -0.39 is 0 Å². The molecule has 2 fully saturated rings. The highest BCUT2D eigenvalue weighted by atomic mass is 16.3. The molecule has 1 aromatic carbocycles. The van der Waals surface area contributed by atoms with Crippen molar-refractivity contribution in [2.45, 2.75) is 39.7 Å². The third-order valence-electron chi connectivity index (χ3n) is 5.73. The van der Waals surface area contributed by atoms with E-state index in [2.05, 4.69) is 38.1 Å². The molecule has 1 aromatic rings. The van der Waals surface area contributed by atoms with Crippen molar-refractivity contribution in [3.05, 3.63) is 35.9 Å². The van der Waals surface area contributed by atoms with Gasteiger partial charge in [0, 0.05) is 11.1 Å². The minimum atomic E-state index is -0.0492. The molecule has 0 aliphatic heterocycles. The van der Waals surface area contributed by atoms with Gasteiger partial charge in [0.05, 0.1) is 13.2 Å². The number of hydrogen-bond donors (Lipinski definition) is 1. The Hall–Kier alpha value is -1.15. The molecular formula is C17H23NO. The normalized spacial score (nSPS) is 34.1. The van der Waals surface area contributed by atoms with Gasteiger partial charge in [-0.15, -0.1) is 0 Å². The molecule has 2 saturated carbocycles. The Balaban J connectivity index is 1.86. The summed E-state index contributed by atoms with van der Waals surface area (Å²) in [4.78, 5) is 4.87. The lowest BCUT2D eigenvalue weighted by atomic mass is 9.69. The van der Waals surface area contributed by atoms with E-state index >= 15 is 0 Å². The highest BCUT2D eigenvalue weighted by Crippen LogP contribution is 2.64. The number of hydrogen-bond acceptors (Lipinski definition) is 2. The summed E-state index contributed by atoms with van der Waals surface area (Å²) in [6.07, 6.45) is 3.44. The van der Waals surface area contributed by atoms with Crippen LogP contribution in [0.3, 0.4) is 0 Å². The van der Waals surface area contributed by atoms with Gasteiger partial charge >= 0.3 is 0 Å². The van der Waals surface area contributed by atoms with Gasteiger partial charge in [-0.25, -0.2) is 0 Å². The van der Waals surface area contributed by atoms with E-state index in [0.29, 0.717) is 5.92 Å². The Morgan fingerprint density at radius 3 is 2.63 bits per heavy atom. The van der Waals surface area contributed by atoms with Crippen LogP contribution >= 0.6 is 0 Å². The predicted octanol–water partition coefficient (Wildman–Crippen LogP) is 3.45. The van der Waals surface area contributed by atoms with Gasteiger partial charge in [-0.2, -0.15) is 0 Å². The molecule has 1 N–H and O–H groups in total. The molecule has 2 nitrogen and oxygen atoms in total. The molecule has 0 heterocycles. The quantitative estimate of drug-likeness (QED) is 0.884. The Labute approximate surface area is 115 Å². The molecule has 0 amide bonds. The lowest BCUT2D eigenvalue weighted by molar-refractivity contribution is 0.0920. The summed E-state index contributed by atoms with van der Waals surface area (Å²) in [5, 5.41) is 9.97. The topological polar surface area (TPSA) is 32.6 Å². The monoisotopic (exact) mass is 257 g/mol. The molecule has 3 rings (SSSR count). The van der Waals surface area contributed by atoms with E-state index in [-0.39, 0.29) is 17.4 Å². The zero-order chi connectivity index (χ0) is 13.5. The van der Waals surface area contributed by atoms with Crippen LogP contribution in [0.15, 0.2) is 35.3 Å². The van der Waals surface area contributed by atoms with Crippen LogP contribution in [0.25, 0.3) is 0 Å². The lowest BCUT2D eigenvalue weighted by Crippen LogP contribution is -2.39. The van der Waals surface area contributed by atoms with Crippen molar-refractivity contribution in [3.8, 4) is 0 Å². The first kappa shape index (κ1) is 12.9. The summed E-state index contributed by atoms with van der Waals surface area (Å²) in [7, 11) is 0. The average molecular weight is 257 g/mol. The van der Waals surface area contributed by atoms with Crippen LogP contribution in [0.2, 0.25) is 0 Å². The van der Waals surface area contributed by atoms with Crippen molar-refractivity contribution in [2.75, 3.05) is 6.61 Å². The smallest absolute Gasteiger partial charge is 0.0639 e. The van der Waals surface area contributed by atoms with Crippen molar-refractivity contribution < 1.29 is 5.11 Å². The Kier molecular flexibility index (Phi) is 3.01. The largest absolute Gasteiger partial charge is 0.395 e. The van der Waals surface area contributed by atoms with Crippen LogP contribution in [0, 0.1) is 16.7 Å². The fourth-order valence-electron chi connectivity index (χ4n) is 4.16. The molecule has 2 aliphatic rings. The first-order chi connectivity index (χ1) is 9.10. The average Bonchev–Trinajstić information content (AvgIpc) is 2.81. The van der Waals surface area contributed by atoms with Crippen LogP contribution in [0.4, 0.5) is 0 Å². The fraction of sp³-hybridized carbons (Fsp3) is 0.588. The molecular weight excluding hydrogens is 234 g/mol. The predicted molar refractivity (Wildman–Crippen MR) is 78.2 cm³/mol. The van der Waals surface area contributed by atoms with E-state index in [9.17, 15) is 5.11 Å². The second-order valence-corrected chi connectivity index (χ2v) is 6.65. The summed E-state index contributed by atoms with van der Waals surface area (Å²) in [5.41, 5.74) is 2.67. The minimum absolute atomic E-state index is 0.0492. The van der Waals surface area contributed by atoms with Gasteiger partial charge in [-0.1, -0.05) is 44.2 Å². The van der Waals surface area contributed by atoms with Gasteiger partial charge < -0.3 is 5.11 Å². The van der Waals surface area contributed by atoms with Gasteiger partial charge in [-0.05, 0) is 36.2 Å². The number of rotatable bonds is 3. The maximum absolute atomic E-state index is 9.97. The standard InChI is InChI=1S/C17H23NO/c1-16(2)14-8-9-17(16,12-19)15(10-14)18-11-13-6-4-3-5-7-13/h3-7,14,19H,8-12H2,1-2H3/t14-,17-/m1/s1. The summed E-state index contributed by atoms with van der Waals surface area (Å²) in [6.45, 7) is 5.63. The number of aliphatic hydroxyl groups excluding tert-OH is 1. The van der Waals surface area contributed by atoms with Crippen LogP contribution in [0.1, 0.15) is 38.7 Å². The fourth-order valence-corrected chi connectivity index (χ4v) is 4.16. The van der Waals surface area contributed by atoms with Gasteiger partial charge in [0.15, 0.2) is 0 Å². The number of aliphatic imine (C=N–C) groups is 1. The van der Waals surface area contributed by atoms with Gasteiger partial charge in [0.25, 0.3) is 0 Å². The Bertz CT molecular complexity index is 491. The van der Waals surface area contributed by atoms with E-state index in [1.807, 2.05) is 6.07 Å². The lowest BCUT2D eigenvalue weighted by Gasteiger charge is -2.36. The second kappa shape index (κ2) is 4.45. The number of aliphatic hydroxyl groups is 1. The summed E-state index contributed by atoms with van der Waals surface area (Å²) < 4.78 is 0.